The lowest BCUT2D eigenvalue weighted by Crippen LogP contribution is -2.31. The largest absolute Gasteiger partial charge is 0.345 e. The molecule has 0 aromatic carbocycles. The standard InChI is InChI=1S/C7H12NO/c1-6(8-5-9)7(2)3-4-7/h6H,3-4H2,1-2H3,(H,8,9). The predicted molar refractivity (Wildman–Crippen MR) is 35.6 cm³/mol. The van der Waals surface area contributed by atoms with Gasteiger partial charge in [-0.25, -0.2) is 0 Å². The molecule has 1 aliphatic rings. The second kappa shape index (κ2) is 2.01. The molecule has 0 bridgehead atoms. The van der Waals surface area contributed by atoms with Gasteiger partial charge in [0.15, 0.2) is 0 Å². The average Bonchev–Trinajstić information content (AvgIpc) is 2.50. The molecule has 1 saturated carbocycles. The molecule has 1 amide bonds. The third kappa shape index (κ3) is 1.23. The molecule has 0 heterocycles. The SMILES string of the molecule is CC(N[C]=O)C1(C)CC1. The lowest BCUT2D eigenvalue weighted by atomic mass is 10.0. The smallest absolute Gasteiger partial charge is 0.309 e. The zero-order valence-electron chi connectivity index (χ0n) is 5.90. The molecule has 1 atom stereocenters. The van der Waals surface area contributed by atoms with Crippen molar-refractivity contribution in [3.05, 3.63) is 0 Å². The van der Waals surface area contributed by atoms with Gasteiger partial charge in [-0.15, -0.1) is 0 Å². The van der Waals surface area contributed by atoms with Crippen LogP contribution in [0.15, 0.2) is 0 Å². The Morgan fingerprint density at radius 3 is 2.56 bits per heavy atom. The molecule has 1 radical (unpaired) electrons. The topological polar surface area (TPSA) is 29.1 Å². The normalized spacial score (nSPS) is 24.7. The van der Waals surface area contributed by atoms with Gasteiger partial charge in [-0.1, -0.05) is 6.92 Å². The first kappa shape index (κ1) is 6.59. The third-order valence-electron chi connectivity index (χ3n) is 2.36. The van der Waals surface area contributed by atoms with Crippen molar-refractivity contribution in [1.29, 1.82) is 0 Å². The predicted octanol–water partition coefficient (Wildman–Crippen LogP) is 0.832. The monoisotopic (exact) mass is 126 g/mol. The minimum absolute atomic E-state index is 0.301. The van der Waals surface area contributed by atoms with Crippen LogP contribution in [0.5, 0.6) is 0 Å². The summed E-state index contributed by atoms with van der Waals surface area (Å²) in [5.74, 6) is 0. The molecule has 0 aliphatic heterocycles. The fraction of sp³-hybridized carbons (Fsp3) is 0.857. The van der Waals surface area contributed by atoms with Gasteiger partial charge in [-0.05, 0) is 25.2 Å². The van der Waals surface area contributed by atoms with Crippen LogP contribution >= 0.6 is 0 Å². The molecular weight excluding hydrogens is 114 g/mol. The molecule has 0 aromatic rings. The van der Waals surface area contributed by atoms with Gasteiger partial charge >= 0.3 is 6.41 Å². The van der Waals surface area contributed by atoms with Crippen LogP contribution in [0.3, 0.4) is 0 Å². The molecule has 1 fully saturated rings. The third-order valence-corrected chi connectivity index (χ3v) is 2.36. The van der Waals surface area contributed by atoms with Crippen LogP contribution in [0.4, 0.5) is 0 Å². The summed E-state index contributed by atoms with van der Waals surface area (Å²) in [4.78, 5) is 9.85. The van der Waals surface area contributed by atoms with E-state index in [0.29, 0.717) is 11.5 Å². The lowest BCUT2D eigenvalue weighted by molar-refractivity contribution is 0.416. The van der Waals surface area contributed by atoms with Crippen molar-refractivity contribution in [2.75, 3.05) is 0 Å². The van der Waals surface area contributed by atoms with E-state index in [0.717, 1.165) is 0 Å². The number of amides is 1. The fourth-order valence-corrected chi connectivity index (χ4v) is 0.893. The fourth-order valence-electron chi connectivity index (χ4n) is 0.893. The Hall–Kier alpha value is -0.530. The summed E-state index contributed by atoms with van der Waals surface area (Å²) in [5, 5.41) is 2.64. The molecule has 1 aliphatic carbocycles. The Balaban J connectivity index is 2.32. The van der Waals surface area contributed by atoms with Gasteiger partial charge in [0.05, 0.1) is 0 Å². The number of hydrogen-bond donors (Lipinski definition) is 1. The van der Waals surface area contributed by atoms with E-state index in [1.807, 2.05) is 6.92 Å². The van der Waals surface area contributed by atoms with E-state index in [-0.39, 0.29) is 0 Å². The van der Waals surface area contributed by atoms with E-state index in [2.05, 4.69) is 12.2 Å². The first-order valence-corrected chi connectivity index (χ1v) is 3.32. The van der Waals surface area contributed by atoms with Gasteiger partial charge in [0.2, 0.25) is 0 Å². The van der Waals surface area contributed by atoms with E-state index < -0.39 is 0 Å². The van der Waals surface area contributed by atoms with Gasteiger partial charge in [0.1, 0.15) is 0 Å². The van der Waals surface area contributed by atoms with Gasteiger partial charge in [-0.2, -0.15) is 0 Å². The molecule has 9 heavy (non-hydrogen) atoms. The van der Waals surface area contributed by atoms with Crippen LogP contribution in [0.25, 0.3) is 0 Å². The molecule has 1 N–H and O–H groups in total. The van der Waals surface area contributed by atoms with Crippen LogP contribution < -0.4 is 5.32 Å². The highest BCUT2D eigenvalue weighted by atomic mass is 16.1. The highest BCUT2D eigenvalue weighted by Crippen LogP contribution is 2.47. The number of nitrogens with one attached hydrogen (secondary N) is 1. The van der Waals surface area contributed by atoms with E-state index in [4.69, 9.17) is 0 Å². The van der Waals surface area contributed by atoms with E-state index in [1.54, 1.807) is 6.41 Å². The van der Waals surface area contributed by atoms with Gasteiger partial charge < -0.3 is 5.32 Å². The number of hydrogen-bond acceptors (Lipinski definition) is 1. The summed E-state index contributed by atoms with van der Waals surface area (Å²) in [6.45, 7) is 4.21. The van der Waals surface area contributed by atoms with Crippen LogP contribution in [0.1, 0.15) is 26.7 Å². The summed E-state index contributed by atoms with van der Waals surface area (Å²) >= 11 is 0. The van der Waals surface area contributed by atoms with Crippen molar-refractivity contribution in [3.8, 4) is 0 Å². The summed E-state index contributed by atoms with van der Waals surface area (Å²) < 4.78 is 0. The molecule has 0 aromatic heterocycles. The summed E-state index contributed by atoms with van der Waals surface area (Å²) in [7, 11) is 0. The van der Waals surface area contributed by atoms with Gasteiger partial charge in [0.25, 0.3) is 0 Å². The Bertz CT molecular complexity index is 118. The Morgan fingerprint density at radius 2 is 2.22 bits per heavy atom. The van der Waals surface area contributed by atoms with Crippen LogP contribution in [0, 0.1) is 5.41 Å². The first-order valence-electron chi connectivity index (χ1n) is 3.32. The first-order chi connectivity index (χ1) is 4.19. The van der Waals surface area contributed by atoms with Crippen molar-refractivity contribution in [2.45, 2.75) is 32.7 Å². The molecule has 2 nitrogen and oxygen atoms in total. The second-order valence-electron chi connectivity index (χ2n) is 3.12. The van der Waals surface area contributed by atoms with Crippen LogP contribution in [-0.2, 0) is 4.79 Å². The average molecular weight is 126 g/mol. The maximum Gasteiger partial charge on any atom is 0.309 e. The van der Waals surface area contributed by atoms with Crippen molar-refractivity contribution >= 4 is 6.41 Å². The Morgan fingerprint density at radius 1 is 1.67 bits per heavy atom. The molecular formula is C7H12NO. The van der Waals surface area contributed by atoms with Crippen molar-refractivity contribution in [2.24, 2.45) is 5.41 Å². The van der Waals surface area contributed by atoms with Gasteiger partial charge in [0, 0.05) is 6.04 Å². The maximum absolute atomic E-state index is 9.85. The summed E-state index contributed by atoms with van der Waals surface area (Å²) in [5.41, 5.74) is 0.386. The molecule has 2 heteroatoms. The lowest BCUT2D eigenvalue weighted by Gasteiger charge is -2.15. The molecule has 0 saturated heterocycles. The minimum Gasteiger partial charge on any atom is -0.345 e. The zero-order chi connectivity index (χ0) is 6.91. The molecule has 1 rings (SSSR count). The van der Waals surface area contributed by atoms with E-state index in [9.17, 15) is 4.79 Å². The number of rotatable bonds is 3. The van der Waals surface area contributed by atoms with E-state index in [1.165, 1.54) is 12.8 Å². The highest BCUT2D eigenvalue weighted by molar-refractivity contribution is 5.48. The minimum atomic E-state index is 0.301. The highest BCUT2D eigenvalue weighted by Gasteiger charge is 2.42. The molecule has 0 spiro atoms. The van der Waals surface area contributed by atoms with Crippen LogP contribution in [0.2, 0.25) is 0 Å². The van der Waals surface area contributed by atoms with Crippen molar-refractivity contribution in [3.63, 3.8) is 0 Å². The quantitative estimate of drug-likeness (QED) is 0.557. The molecule has 51 valence electrons. The van der Waals surface area contributed by atoms with Crippen molar-refractivity contribution < 1.29 is 4.79 Å². The van der Waals surface area contributed by atoms with Gasteiger partial charge in [-0.3, -0.25) is 4.79 Å². The second-order valence-corrected chi connectivity index (χ2v) is 3.12. The number of carbonyl (C=O) groups excluding carboxylic acids is 1. The summed E-state index contributed by atoms with van der Waals surface area (Å²) in [6, 6.07) is 0.301. The molecule has 1 unspecified atom stereocenters. The summed E-state index contributed by atoms with van der Waals surface area (Å²) in [6.07, 6.45) is 4.19. The van der Waals surface area contributed by atoms with Crippen molar-refractivity contribution in [1.82, 2.24) is 5.32 Å². The zero-order valence-corrected chi connectivity index (χ0v) is 5.90. The Kier molecular flexibility index (Phi) is 1.47. The Labute approximate surface area is 55.6 Å². The van der Waals surface area contributed by atoms with E-state index >= 15 is 0 Å². The van der Waals surface area contributed by atoms with Crippen LogP contribution in [-0.4, -0.2) is 12.5 Å². The maximum atomic E-state index is 9.85.